The lowest BCUT2D eigenvalue weighted by atomic mass is 10.1. The van der Waals surface area contributed by atoms with Gasteiger partial charge in [0, 0.05) is 22.4 Å². The number of aromatic nitrogens is 2. The molecule has 0 spiro atoms. The van der Waals surface area contributed by atoms with Gasteiger partial charge >= 0.3 is 0 Å². The molecular weight excluding hydrogens is 463 g/mol. The van der Waals surface area contributed by atoms with Crippen LogP contribution in [0, 0.1) is 5.82 Å². The molecule has 130 valence electrons. The average Bonchev–Trinajstić information content (AvgIpc) is 3.16. The SMILES string of the molecule is O=C(/C(=C/C=C/c1ccc(Br)cc1)n1ccnc1)c1ccc(F)c(Br)c1. The van der Waals surface area contributed by atoms with Crippen molar-refractivity contribution in [1.82, 2.24) is 9.55 Å². The summed E-state index contributed by atoms with van der Waals surface area (Å²) in [6, 6.07) is 12.0. The van der Waals surface area contributed by atoms with E-state index in [9.17, 15) is 9.18 Å². The Hall–Kier alpha value is -2.31. The highest BCUT2D eigenvalue weighted by atomic mass is 79.9. The molecule has 26 heavy (non-hydrogen) atoms. The van der Waals surface area contributed by atoms with Gasteiger partial charge in [0.1, 0.15) is 5.82 Å². The predicted molar refractivity (Wildman–Crippen MR) is 108 cm³/mol. The summed E-state index contributed by atoms with van der Waals surface area (Å²) >= 11 is 6.51. The van der Waals surface area contributed by atoms with Gasteiger partial charge in [-0.15, -0.1) is 0 Å². The second-order valence-electron chi connectivity index (χ2n) is 5.39. The van der Waals surface area contributed by atoms with Crippen LogP contribution in [0.25, 0.3) is 11.8 Å². The van der Waals surface area contributed by atoms with E-state index in [-0.39, 0.29) is 10.3 Å². The number of Topliss-reactive ketones (excluding diaryl/α,β-unsaturated/α-hetero) is 1. The fourth-order valence-electron chi connectivity index (χ4n) is 2.29. The van der Waals surface area contributed by atoms with Crippen molar-refractivity contribution in [3.8, 4) is 0 Å². The molecular formula is C20H13Br2FN2O. The molecule has 0 aliphatic heterocycles. The molecule has 0 N–H and O–H groups in total. The van der Waals surface area contributed by atoms with Crippen molar-refractivity contribution in [2.45, 2.75) is 0 Å². The molecule has 0 saturated heterocycles. The number of carbonyl (C=O) groups is 1. The smallest absolute Gasteiger partial charge is 0.209 e. The summed E-state index contributed by atoms with van der Waals surface area (Å²) in [5.41, 5.74) is 1.80. The number of nitrogens with zero attached hydrogens (tertiary/aromatic N) is 2. The van der Waals surface area contributed by atoms with Gasteiger partial charge in [-0.25, -0.2) is 9.37 Å². The topological polar surface area (TPSA) is 34.9 Å². The summed E-state index contributed by atoms with van der Waals surface area (Å²) in [5.74, 6) is -0.644. The van der Waals surface area contributed by atoms with E-state index in [1.54, 1.807) is 35.4 Å². The Labute approximate surface area is 167 Å². The van der Waals surface area contributed by atoms with Gasteiger partial charge in [-0.1, -0.05) is 40.2 Å². The first-order valence-electron chi connectivity index (χ1n) is 7.66. The van der Waals surface area contributed by atoms with Gasteiger partial charge in [-0.3, -0.25) is 4.79 Å². The number of rotatable bonds is 5. The quantitative estimate of drug-likeness (QED) is 0.258. The van der Waals surface area contributed by atoms with Crippen LogP contribution in [0.4, 0.5) is 4.39 Å². The summed E-state index contributed by atoms with van der Waals surface area (Å²) < 4.78 is 16.3. The highest BCUT2D eigenvalue weighted by Crippen LogP contribution is 2.21. The van der Waals surface area contributed by atoms with Crippen molar-refractivity contribution in [2.24, 2.45) is 0 Å². The molecule has 1 heterocycles. The third-order valence-electron chi connectivity index (χ3n) is 3.61. The van der Waals surface area contributed by atoms with E-state index < -0.39 is 5.82 Å². The summed E-state index contributed by atoms with van der Waals surface area (Å²) in [7, 11) is 0. The number of halogens is 3. The lowest BCUT2D eigenvalue weighted by molar-refractivity contribution is 0.105. The first kappa shape index (κ1) is 18.5. The van der Waals surface area contributed by atoms with Crippen molar-refractivity contribution in [1.29, 1.82) is 0 Å². The molecule has 0 aliphatic rings. The lowest BCUT2D eigenvalue weighted by Gasteiger charge is -2.08. The van der Waals surface area contributed by atoms with E-state index in [2.05, 4.69) is 36.8 Å². The predicted octanol–water partition coefficient (Wildman–Crippen LogP) is 5.98. The van der Waals surface area contributed by atoms with Crippen LogP contribution in [-0.4, -0.2) is 15.3 Å². The minimum Gasteiger partial charge on any atom is -0.303 e. The molecule has 0 unspecified atom stereocenters. The number of ketones is 1. The second kappa shape index (κ2) is 8.38. The van der Waals surface area contributed by atoms with Crippen molar-refractivity contribution >= 4 is 49.4 Å². The maximum absolute atomic E-state index is 13.5. The molecule has 0 atom stereocenters. The van der Waals surface area contributed by atoms with Gasteiger partial charge in [0.15, 0.2) is 0 Å². The number of benzene rings is 2. The molecule has 3 nitrogen and oxygen atoms in total. The van der Waals surface area contributed by atoms with Crippen LogP contribution in [0.3, 0.4) is 0 Å². The van der Waals surface area contributed by atoms with Crippen molar-refractivity contribution in [3.63, 3.8) is 0 Å². The standard InChI is InChI=1S/C20H13Br2FN2O/c21-16-7-4-14(5-8-16)2-1-3-19(25-11-10-24-13-25)20(26)15-6-9-18(23)17(22)12-15/h1-13H/b2-1+,19-3-. The zero-order valence-corrected chi connectivity index (χ0v) is 16.6. The Morgan fingerprint density at radius 1 is 1.12 bits per heavy atom. The van der Waals surface area contributed by atoms with E-state index in [1.807, 2.05) is 30.3 Å². The van der Waals surface area contributed by atoms with E-state index in [1.165, 1.54) is 18.2 Å². The number of hydrogen-bond acceptors (Lipinski definition) is 2. The summed E-state index contributed by atoms with van der Waals surface area (Å²) in [4.78, 5) is 16.9. The summed E-state index contributed by atoms with van der Waals surface area (Å²) in [5, 5.41) is 0. The molecule has 0 aliphatic carbocycles. The van der Waals surface area contributed by atoms with Gasteiger partial charge in [0.25, 0.3) is 0 Å². The first-order chi connectivity index (χ1) is 12.5. The summed E-state index contributed by atoms with van der Waals surface area (Å²) in [6.07, 6.45) is 10.3. The Bertz CT molecular complexity index is 978. The monoisotopic (exact) mass is 474 g/mol. The largest absolute Gasteiger partial charge is 0.303 e. The minimum absolute atomic E-state index is 0.232. The second-order valence-corrected chi connectivity index (χ2v) is 7.16. The maximum atomic E-state index is 13.5. The average molecular weight is 476 g/mol. The third kappa shape index (κ3) is 4.45. The number of carbonyl (C=O) groups excluding carboxylic acids is 1. The van der Waals surface area contributed by atoms with Crippen LogP contribution in [0.5, 0.6) is 0 Å². The Morgan fingerprint density at radius 3 is 2.54 bits per heavy atom. The molecule has 3 aromatic rings. The van der Waals surface area contributed by atoms with Crippen LogP contribution < -0.4 is 0 Å². The van der Waals surface area contributed by atoms with E-state index >= 15 is 0 Å². The van der Waals surface area contributed by atoms with Crippen LogP contribution in [0.2, 0.25) is 0 Å². The fraction of sp³-hybridized carbons (Fsp3) is 0. The maximum Gasteiger partial charge on any atom is 0.209 e. The molecule has 0 radical (unpaired) electrons. The van der Waals surface area contributed by atoms with Crippen molar-refractivity contribution < 1.29 is 9.18 Å². The van der Waals surface area contributed by atoms with Crippen LogP contribution in [0.15, 0.2) is 82.3 Å². The van der Waals surface area contributed by atoms with Crippen LogP contribution in [-0.2, 0) is 0 Å². The Kier molecular flexibility index (Phi) is 5.96. The molecule has 2 aromatic carbocycles. The molecule has 6 heteroatoms. The van der Waals surface area contributed by atoms with E-state index in [0.29, 0.717) is 11.3 Å². The summed E-state index contributed by atoms with van der Waals surface area (Å²) in [6.45, 7) is 0. The fourth-order valence-corrected chi connectivity index (χ4v) is 2.93. The first-order valence-corrected chi connectivity index (χ1v) is 9.25. The van der Waals surface area contributed by atoms with Gasteiger partial charge in [0.2, 0.25) is 5.78 Å². The van der Waals surface area contributed by atoms with Crippen molar-refractivity contribution in [3.05, 3.63) is 99.2 Å². The lowest BCUT2D eigenvalue weighted by Crippen LogP contribution is -2.08. The molecule has 0 amide bonds. The number of allylic oxidation sites excluding steroid dienone is 3. The van der Waals surface area contributed by atoms with Crippen LogP contribution >= 0.6 is 31.9 Å². The highest BCUT2D eigenvalue weighted by Gasteiger charge is 2.15. The number of imidazole rings is 1. The Morgan fingerprint density at radius 2 is 1.88 bits per heavy atom. The highest BCUT2D eigenvalue weighted by molar-refractivity contribution is 9.10. The van der Waals surface area contributed by atoms with Crippen molar-refractivity contribution in [2.75, 3.05) is 0 Å². The molecule has 0 bridgehead atoms. The van der Waals surface area contributed by atoms with E-state index in [0.717, 1.165) is 10.0 Å². The van der Waals surface area contributed by atoms with Gasteiger partial charge in [-0.2, -0.15) is 0 Å². The molecule has 0 fully saturated rings. The molecule has 0 saturated carbocycles. The number of hydrogen-bond donors (Lipinski definition) is 0. The van der Waals surface area contributed by atoms with Gasteiger partial charge in [-0.05, 0) is 57.9 Å². The molecule has 1 aromatic heterocycles. The molecule has 3 rings (SSSR count). The van der Waals surface area contributed by atoms with Gasteiger partial charge < -0.3 is 4.57 Å². The van der Waals surface area contributed by atoms with E-state index in [4.69, 9.17) is 0 Å². The Balaban J connectivity index is 1.93. The van der Waals surface area contributed by atoms with Gasteiger partial charge in [0.05, 0.1) is 16.5 Å². The zero-order chi connectivity index (χ0) is 18.5. The normalized spacial score (nSPS) is 11.9. The third-order valence-corrected chi connectivity index (χ3v) is 4.75. The zero-order valence-electron chi connectivity index (χ0n) is 13.4. The van der Waals surface area contributed by atoms with Crippen LogP contribution in [0.1, 0.15) is 15.9 Å². The minimum atomic E-state index is -0.412.